The van der Waals surface area contributed by atoms with Crippen LogP contribution in [0.5, 0.6) is 0 Å². The zero-order valence-corrected chi connectivity index (χ0v) is 17.7. The number of thiophene rings is 1. The van der Waals surface area contributed by atoms with Gasteiger partial charge < -0.3 is 8.17 Å². The number of nitrogens with zero attached hydrogens (tertiary/aromatic N) is 5. The van der Waals surface area contributed by atoms with Gasteiger partial charge in [-0.25, -0.2) is 14.6 Å². The van der Waals surface area contributed by atoms with E-state index in [9.17, 15) is 5.11 Å². The van der Waals surface area contributed by atoms with E-state index in [1.165, 1.54) is 11.3 Å². The third-order valence-corrected chi connectivity index (χ3v) is 7.40. The lowest BCUT2D eigenvalue weighted by molar-refractivity contribution is -0.146. The maximum Gasteiger partial charge on any atom is 0.178 e. The van der Waals surface area contributed by atoms with Gasteiger partial charge in [0.2, 0.25) is 0 Å². The molecule has 9 heteroatoms. The lowest BCUT2D eigenvalue weighted by atomic mass is 9.67. The SMILES string of the molecule is Cn1nnc2cc(-c3ccc4cc(C5(O)CC(C)(OI)C5)sc4n3)cnc21. The topological polar surface area (TPSA) is 86.0 Å². The molecular weight excluding hydrogens is 477 g/mol. The summed E-state index contributed by atoms with van der Waals surface area (Å²) in [5, 5.41) is 20.1. The number of pyridine rings is 2. The Kier molecular flexibility index (Phi) is 3.81. The van der Waals surface area contributed by atoms with Crippen molar-refractivity contribution in [2.45, 2.75) is 31.0 Å². The zero-order chi connectivity index (χ0) is 18.8. The molecule has 27 heavy (non-hydrogen) atoms. The van der Waals surface area contributed by atoms with E-state index in [-0.39, 0.29) is 5.60 Å². The summed E-state index contributed by atoms with van der Waals surface area (Å²) < 4.78 is 7.10. The van der Waals surface area contributed by atoms with Gasteiger partial charge in [0.15, 0.2) is 5.65 Å². The average molecular weight is 493 g/mol. The van der Waals surface area contributed by atoms with Crippen LogP contribution in [0, 0.1) is 0 Å². The number of aromatic nitrogens is 5. The Morgan fingerprint density at radius 3 is 2.89 bits per heavy atom. The molecule has 4 aromatic heterocycles. The Labute approximate surface area is 173 Å². The van der Waals surface area contributed by atoms with Crippen molar-refractivity contribution in [1.82, 2.24) is 25.0 Å². The maximum atomic E-state index is 10.9. The van der Waals surface area contributed by atoms with Gasteiger partial charge in [0, 0.05) is 41.9 Å². The van der Waals surface area contributed by atoms with Gasteiger partial charge >= 0.3 is 0 Å². The number of aryl methyl sites for hydroxylation is 1. The third kappa shape index (κ3) is 2.75. The third-order valence-electron chi connectivity index (χ3n) is 5.10. The fourth-order valence-corrected chi connectivity index (χ4v) is 5.22. The Balaban J connectivity index is 1.52. The van der Waals surface area contributed by atoms with Crippen molar-refractivity contribution in [3.8, 4) is 11.3 Å². The first-order valence-corrected chi connectivity index (χ1v) is 10.2. The number of halogens is 1. The minimum absolute atomic E-state index is 0.262. The zero-order valence-electron chi connectivity index (χ0n) is 14.7. The van der Waals surface area contributed by atoms with Gasteiger partial charge in [-0.15, -0.1) is 16.4 Å². The molecule has 0 bridgehead atoms. The highest BCUT2D eigenvalue weighted by Crippen LogP contribution is 2.53. The normalized spacial score (nSPS) is 25.2. The van der Waals surface area contributed by atoms with Gasteiger partial charge in [0.1, 0.15) is 39.0 Å². The van der Waals surface area contributed by atoms with Crippen molar-refractivity contribution in [2.75, 3.05) is 0 Å². The summed E-state index contributed by atoms with van der Waals surface area (Å²) in [6.07, 6.45) is 2.97. The molecule has 0 atom stereocenters. The van der Waals surface area contributed by atoms with E-state index in [0.717, 1.165) is 37.5 Å². The number of hydrogen-bond donors (Lipinski definition) is 1. The second-order valence-electron chi connectivity index (χ2n) is 7.39. The number of hydrogen-bond acceptors (Lipinski definition) is 7. The maximum absolute atomic E-state index is 10.9. The summed E-state index contributed by atoms with van der Waals surface area (Å²) in [5.41, 5.74) is 2.12. The second kappa shape index (κ2) is 5.90. The van der Waals surface area contributed by atoms with E-state index in [0.29, 0.717) is 12.8 Å². The molecule has 1 N–H and O–H groups in total. The molecule has 0 spiro atoms. The Morgan fingerprint density at radius 2 is 2.11 bits per heavy atom. The van der Waals surface area contributed by atoms with Gasteiger partial charge in [-0.3, -0.25) is 0 Å². The molecule has 0 aliphatic heterocycles. The number of fused-ring (bicyclic) bond motifs is 2. The lowest BCUT2D eigenvalue weighted by Gasteiger charge is -2.49. The van der Waals surface area contributed by atoms with Crippen LogP contribution in [0.25, 0.3) is 32.6 Å². The molecule has 1 aliphatic carbocycles. The summed E-state index contributed by atoms with van der Waals surface area (Å²) in [6.45, 7) is 2.02. The molecule has 0 radical (unpaired) electrons. The first kappa shape index (κ1) is 17.4. The van der Waals surface area contributed by atoms with Crippen LogP contribution in [0.2, 0.25) is 0 Å². The fraction of sp³-hybridized carbons (Fsp3) is 0.333. The quantitative estimate of drug-likeness (QED) is 0.438. The van der Waals surface area contributed by atoms with E-state index < -0.39 is 5.60 Å². The predicted molar refractivity (Wildman–Crippen MR) is 112 cm³/mol. The van der Waals surface area contributed by atoms with Crippen molar-refractivity contribution in [3.05, 3.63) is 35.3 Å². The molecule has 0 aromatic carbocycles. The Morgan fingerprint density at radius 1 is 1.30 bits per heavy atom. The molecule has 4 heterocycles. The van der Waals surface area contributed by atoms with Crippen LogP contribution in [0.4, 0.5) is 0 Å². The number of aliphatic hydroxyl groups is 1. The van der Waals surface area contributed by atoms with E-state index in [2.05, 4.69) is 15.3 Å². The molecular formula is C18H16IN5O2S. The van der Waals surface area contributed by atoms with Crippen LogP contribution in [-0.4, -0.2) is 35.7 Å². The van der Waals surface area contributed by atoms with E-state index in [1.807, 2.05) is 61.2 Å². The molecule has 0 saturated heterocycles. The van der Waals surface area contributed by atoms with E-state index in [4.69, 9.17) is 8.05 Å². The summed E-state index contributed by atoms with van der Waals surface area (Å²) in [5.74, 6) is 0. The van der Waals surface area contributed by atoms with Crippen LogP contribution < -0.4 is 0 Å². The van der Waals surface area contributed by atoms with Crippen LogP contribution in [0.15, 0.2) is 30.5 Å². The average Bonchev–Trinajstić information content (AvgIpc) is 3.23. The standard InChI is InChI=1S/C18H16IN5O2S/c1-17(26-19)8-18(25,9-17)14-6-10-3-4-12(21-16(10)27-14)11-5-13-15(20-7-11)24(2)23-22-13/h3-7,25H,8-9H2,1-2H3. The van der Waals surface area contributed by atoms with E-state index in [1.54, 1.807) is 10.9 Å². The molecule has 5 rings (SSSR count). The highest BCUT2D eigenvalue weighted by Gasteiger charge is 2.53. The van der Waals surface area contributed by atoms with Crippen LogP contribution in [0.3, 0.4) is 0 Å². The molecule has 7 nitrogen and oxygen atoms in total. The van der Waals surface area contributed by atoms with Crippen molar-refractivity contribution in [2.24, 2.45) is 7.05 Å². The van der Waals surface area contributed by atoms with Crippen LogP contribution in [-0.2, 0) is 15.7 Å². The molecule has 1 fully saturated rings. The minimum atomic E-state index is -0.828. The van der Waals surface area contributed by atoms with Crippen molar-refractivity contribution in [3.63, 3.8) is 0 Å². The summed E-state index contributed by atoms with van der Waals surface area (Å²) in [4.78, 5) is 11.1. The molecule has 4 aromatic rings. The van der Waals surface area contributed by atoms with Gasteiger partial charge in [-0.2, -0.15) is 0 Å². The van der Waals surface area contributed by atoms with Crippen LogP contribution in [0.1, 0.15) is 24.6 Å². The second-order valence-corrected chi connectivity index (χ2v) is 8.86. The lowest BCUT2D eigenvalue weighted by Crippen LogP contribution is -2.52. The van der Waals surface area contributed by atoms with Crippen LogP contribution >= 0.6 is 34.3 Å². The monoisotopic (exact) mass is 493 g/mol. The number of rotatable bonds is 3. The van der Waals surface area contributed by atoms with Crippen molar-refractivity contribution >= 4 is 55.7 Å². The van der Waals surface area contributed by atoms with Gasteiger partial charge in [0.25, 0.3) is 0 Å². The first-order chi connectivity index (χ1) is 12.9. The summed E-state index contributed by atoms with van der Waals surface area (Å²) in [7, 11) is 1.82. The van der Waals surface area contributed by atoms with Gasteiger partial charge in [0.05, 0.1) is 11.3 Å². The molecule has 1 saturated carbocycles. The predicted octanol–water partition coefficient (Wildman–Crippen LogP) is 3.75. The fourth-order valence-electron chi connectivity index (χ4n) is 3.79. The van der Waals surface area contributed by atoms with Crippen molar-refractivity contribution < 1.29 is 8.17 Å². The summed E-state index contributed by atoms with van der Waals surface area (Å²) in [6, 6.07) is 7.99. The Hall–Kier alpha value is -1.69. The van der Waals surface area contributed by atoms with Gasteiger partial charge in [-0.05, 0) is 31.2 Å². The molecule has 138 valence electrons. The minimum Gasteiger partial charge on any atom is -0.384 e. The van der Waals surface area contributed by atoms with Gasteiger partial charge in [-0.1, -0.05) is 5.21 Å². The first-order valence-electron chi connectivity index (χ1n) is 8.48. The highest BCUT2D eigenvalue weighted by atomic mass is 127. The highest BCUT2D eigenvalue weighted by molar-refractivity contribution is 14.1. The molecule has 0 amide bonds. The smallest absolute Gasteiger partial charge is 0.178 e. The van der Waals surface area contributed by atoms with E-state index >= 15 is 0 Å². The largest absolute Gasteiger partial charge is 0.384 e. The Bertz CT molecular complexity index is 1180. The summed E-state index contributed by atoms with van der Waals surface area (Å²) >= 11 is 3.45. The molecule has 1 aliphatic rings. The molecule has 0 unspecified atom stereocenters. The van der Waals surface area contributed by atoms with Crippen molar-refractivity contribution in [1.29, 1.82) is 0 Å².